The summed E-state index contributed by atoms with van der Waals surface area (Å²) in [4.78, 5) is 19.9. The van der Waals surface area contributed by atoms with Crippen molar-refractivity contribution in [3.05, 3.63) is 84.3 Å². The summed E-state index contributed by atoms with van der Waals surface area (Å²) in [5, 5.41) is 23.3. The smallest absolute Gasteiger partial charge is 0.354 e. The molecule has 0 unspecified atom stereocenters. The number of β-amino-alcohol motifs (C(OH)–C–C–N with tert-alkyl or cyclic N) is 1. The Balaban J connectivity index is 1.37. The van der Waals surface area contributed by atoms with Gasteiger partial charge < -0.3 is 20.1 Å². The zero-order valence-electron chi connectivity index (χ0n) is 20.5. The van der Waals surface area contributed by atoms with Crippen LogP contribution in [0, 0.1) is 0 Å². The van der Waals surface area contributed by atoms with Gasteiger partial charge in [0.2, 0.25) is 0 Å². The number of rotatable bonds is 11. The van der Waals surface area contributed by atoms with Gasteiger partial charge in [-0.15, -0.1) is 0 Å². The number of aliphatic hydroxyl groups excluding tert-OH is 1. The molecule has 2 aromatic heterocycles. The molecule has 0 aliphatic heterocycles. The second kappa shape index (κ2) is 10.7. The fourth-order valence-corrected chi connectivity index (χ4v) is 4.90. The molecule has 0 bridgehead atoms. The highest BCUT2D eigenvalue weighted by molar-refractivity contribution is 7.92. The Hall–Kier alpha value is -3.80. The van der Waals surface area contributed by atoms with E-state index in [2.05, 4.69) is 20.0 Å². The Labute approximate surface area is 215 Å². The fourth-order valence-electron chi connectivity index (χ4n) is 3.82. The number of aryl methyl sites for hydroxylation is 1. The first-order valence-corrected chi connectivity index (χ1v) is 13.2. The number of benzene rings is 2. The molecule has 0 amide bonds. The van der Waals surface area contributed by atoms with Crippen LogP contribution in [-0.4, -0.2) is 51.2 Å². The van der Waals surface area contributed by atoms with Crippen molar-refractivity contribution in [1.29, 1.82) is 0 Å². The van der Waals surface area contributed by atoms with Crippen molar-refractivity contribution in [1.82, 2.24) is 19.9 Å². The first-order chi connectivity index (χ1) is 17.5. The molecule has 0 aliphatic carbocycles. The van der Waals surface area contributed by atoms with Crippen LogP contribution in [0.5, 0.6) is 0 Å². The molecule has 2 aromatic carbocycles. The van der Waals surface area contributed by atoms with Gasteiger partial charge in [0.25, 0.3) is 10.0 Å². The summed E-state index contributed by atoms with van der Waals surface area (Å²) in [6.45, 7) is 4.78. The first-order valence-electron chi connectivity index (χ1n) is 11.7. The number of carboxylic acids is 1. The predicted octanol–water partition coefficient (Wildman–Crippen LogP) is 3.42. The number of anilines is 1. The average molecular weight is 524 g/mol. The molecule has 2 heterocycles. The number of hydrogen-bond acceptors (Lipinski definition) is 7. The molecule has 37 heavy (non-hydrogen) atoms. The number of aromatic carboxylic acids is 1. The molecular formula is C26H29N5O5S. The summed E-state index contributed by atoms with van der Waals surface area (Å²) in [6.07, 6.45) is 1.42. The molecule has 4 N–H and O–H groups in total. The van der Waals surface area contributed by atoms with Gasteiger partial charge in [-0.25, -0.2) is 23.2 Å². The van der Waals surface area contributed by atoms with Crippen molar-refractivity contribution in [2.75, 3.05) is 11.3 Å². The highest BCUT2D eigenvalue weighted by Crippen LogP contribution is 2.22. The van der Waals surface area contributed by atoms with E-state index in [4.69, 9.17) is 0 Å². The van der Waals surface area contributed by atoms with Crippen LogP contribution in [0.3, 0.4) is 0 Å². The Morgan fingerprint density at radius 3 is 2.57 bits per heavy atom. The van der Waals surface area contributed by atoms with Crippen molar-refractivity contribution in [2.24, 2.45) is 0 Å². The van der Waals surface area contributed by atoms with Gasteiger partial charge in [-0.1, -0.05) is 30.3 Å². The molecule has 11 heteroatoms. The first kappa shape index (κ1) is 26.3. The minimum absolute atomic E-state index is 0.0388. The minimum Gasteiger partial charge on any atom is -0.477 e. The lowest BCUT2D eigenvalue weighted by Gasteiger charge is -2.28. The van der Waals surface area contributed by atoms with E-state index in [9.17, 15) is 23.4 Å². The SMILES string of the molecule is CC(C)(CCn1cnc2ccc(C(=O)O)nc21)NC[C@H](O)c1cccc(NS(=O)(=O)c2ccccc2)c1. The number of sulfonamides is 1. The van der Waals surface area contributed by atoms with Crippen molar-refractivity contribution in [2.45, 2.75) is 43.4 Å². The number of nitrogens with zero attached hydrogens (tertiary/aromatic N) is 3. The Kier molecular flexibility index (Phi) is 7.58. The van der Waals surface area contributed by atoms with Crippen LogP contribution in [0.1, 0.15) is 42.4 Å². The topological polar surface area (TPSA) is 146 Å². The van der Waals surface area contributed by atoms with Crippen molar-refractivity contribution in [3.8, 4) is 0 Å². The van der Waals surface area contributed by atoms with Gasteiger partial charge in [-0.3, -0.25) is 4.72 Å². The maximum Gasteiger partial charge on any atom is 0.354 e. The second-order valence-electron chi connectivity index (χ2n) is 9.36. The van der Waals surface area contributed by atoms with Crippen LogP contribution < -0.4 is 10.0 Å². The van der Waals surface area contributed by atoms with Crippen LogP contribution in [-0.2, 0) is 16.6 Å². The zero-order chi connectivity index (χ0) is 26.6. The van der Waals surface area contributed by atoms with Crippen LogP contribution in [0.2, 0.25) is 0 Å². The van der Waals surface area contributed by atoms with E-state index < -0.39 is 22.1 Å². The number of aliphatic hydroxyl groups is 1. The summed E-state index contributed by atoms with van der Waals surface area (Å²) in [5.41, 5.74) is 1.64. The van der Waals surface area contributed by atoms with E-state index in [1.807, 2.05) is 18.4 Å². The van der Waals surface area contributed by atoms with Gasteiger partial charge in [-0.05, 0) is 62.2 Å². The molecule has 0 saturated carbocycles. The maximum atomic E-state index is 12.6. The van der Waals surface area contributed by atoms with E-state index in [0.717, 1.165) is 0 Å². The zero-order valence-corrected chi connectivity index (χ0v) is 21.3. The Morgan fingerprint density at radius 2 is 1.84 bits per heavy atom. The molecule has 0 spiro atoms. The van der Waals surface area contributed by atoms with E-state index in [-0.39, 0.29) is 22.7 Å². The molecular weight excluding hydrogens is 494 g/mol. The lowest BCUT2D eigenvalue weighted by Crippen LogP contribution is -2.42. The van der Waals surface area contributed by atoms with E-state index >= 15 is 0 Å². The van der Waals surface area contributed by atoms with Crippen LogP contribution in [0.25, 0.3) is 11.2 Å². The van der Waals surface area contributed by atoms with E-state index in [1.165, 1.54) is 18.2 Å². The summed E-state index contributed by atoms with van der Waals surface area (Å²) >= 11 is 0. The van der Waals surface area contributed by atoms with Crippen LogP contribution in [0.4, 0.5) is 5.69 Å². The van der Waals surface area contributed by atoms with Gasteiger partial charge >= 0.3 is 5.97 Å². The number of hydrogen-bond donors (Lipinski definition) is 4. The molecule has 10 nitrogen and oxygen atoms in total. The summed E-state index contributed by atoms with van der Waals surface area (Å²) in [5.74, 6) is -1.09. The molecule has 4 rings (SSSR count). The lowest BCUT2D eigenvalue weighted by atomic mass is 9.99. The summed E-state index contributed by atoms with van der Waals surface area (Å²) in [7, 11) is -3.74. The standard InChI is InChI=1S/C26H29N5O5S/c1-26(2,13-14-31-17-27-21-11-12-22(25(33)34)29-24(21)31)28-16-23(32)18-7-6-8-19(15-18)30-37(35,36)20-9-4-3-5-10-20/h3-12,15,17,23,28,30,32H,13-14,16H2,1-2H3,(H,33,34)/t23-/m0/s1. The van der Waals surface area contributed by atoms with Crippen LogP contribution >= 0.6 is 0 Å². The van der Waals surface area contributed by atoms with Gasteiger partial charge in [0, 0.05) is 24.3 Å². The molecule has 0 aliphatic rings. The number of fused-ring (bicyclic) bond motifs is 1. The number of pyridine rings is 1. The average Bonchev–Trinajstić information content (AvgIpc) is 3.29. The van der Waals surface area contributed by atoms with E-state index in [1.54, 1.807) is 54.9 Å². The summed E-state index contributed by atoms with van der Waals surface area (Å²) < 4.78 is 29.6. The third kappa shape index (κ3) is 6.50. The van der Waals surface area contributed by atoms with Crippen molar-refractivity contribution >= 4 is 32.8 Å². The number of aromatic nitrogens is 3. The minimum atomic E-state index is -3.74. The molecule has 1 atom stereocenters. The molecule has 194 valence electrons. The normalized spacial score (nSPS) is 12.9. The maximum absolute atomic E-state index is 12.6. The highest BCUT2D eigenvalue weighted by atomic mass is 32.2. The quantitative estimate of drug-likeness (QED) is 0.234. The highest BCUT2D eigenvalue weighted by Gasteiger charge is 2.21. The molecule has 0 radical (unpaired) electrons. The fraction of sp³-hybridized carbons (Fsp3) is 0.269. The number of nitrogens with one attached hydrogen (secondary N) is 2. The largest absolute Gasteiger partial charge is 0.477 e. The van der Waals surface area contributed by atoms with Gasteiger partial charge in [0.1, 0.15) is 5.52 Å². The third-order valence-corrected chi connectivity index (χ3v) is 7.41. The summed E-state index contributed by atoms with van der Waals surface area (Å²) in [6, 6.07) is 17.8. The van der Waals surface area contributed by atoms with E-state index in [0.29, 0.717) is 35.4 Å². The number of carboxylic acid groups (broad SMARTS) is 1. The monoisotopic (exact) mass is 523 g/mol. The third-order valence-electron chi connectivity index (χ3n) is 6.01. The van der Waals surface area contributed by atoms with Gasteiger partial charge in [-0.2, -0.15) is 0 Å². The predicted molar refractivity (Wildman–Crippen MR) is 140 cm³/mol. The lowest BCUT2D eigenvalue weighted by molar-refractivity contribution is 0.0690. The molecule has 0 fully saturated rings. The second-order valence-corrected chi connectivity index (χ2v) is 11.0. The number of carbonyl (C=O) groups is 1. The van der Waals surface area contributed by atoms with Gasteiger partial charge in [0.05, 0.1) is 17.3 Å². The molecule has 4 aromatic rings. The van der Waals surface area contributed by atoms with Crippen molar-refractivity contribution < 1.29 is 23.4 Å². The Bertz CT molecular complexity index is 1500. The Morgan fingerprint density at radius 1 is 1.08 bits per heavy atom. The number of imidazole rings is 1. The van der Waals surface area contributed by atoms with Crippen molar-refractivity contribution in [3.63, 3.8) is 0 Å². The van der Waals surface area contributed by atoms with Gasteiger partial charge in [0.15, 0.2) is 11.3 Å². The molecule has 0 saturated heterocycles. The van der Waals surface area contributed by atoms with Crippen LogP contribution in [0.15, 0.2) is 78.0 Å².